The molecule has 4 aromatic rings. The number of benzene rings is 3. The van der Waals surface area contributed by atoms with Gasteiger partial charge in [-0.2, -0.15) is 0 Å². The van der Waals surface area contributed by atoms with Crippen molar-refractivity contribution in [1.29, 1.82) is 0 Å². The van der Waals surface area contributed by atoms with E-state index in [1.807, 2.05) is 42.5 Å². The average molecular weight is 397 g/mol. The molecule has 5 heteroatoms. The van der Waals surface area contributed by atoms with Crippen LogP contribution >= 0.6 is 0 Å². The van der Waals surface area contributed by atoms with Gasteiger partial charge in [-0.05, 0) is 26.0 Å². The molecule has 0 saturated carbocycles. The van der Waals surface area contributed by atoms with Crippen molar-refractivity contribution >= 4 is 0 Å². The van der Waals surface area contributed by atoms with E-state index in [2.05, 4.69) is 38.1 Å². The molecule has 1 aromatic heterocycles. The van der Waals surface area contributed by atoms with E-state index in [1.165, 1.54) is 11.1 Å². The summed E-state index contributed by atoms with van der Waals surface area (Å²) in [6, 6.07) is 21.9. The van der Waals surface area contributed by atoms with Crippen LogP contribution in [0.15, 0.2) is 66.7 Å². The lowest BCUT2D eigenvalue weighted by Crippen LogP contribution is -2.01. The second kappa shape index (κ2) is 8.33. The van der Waals surface area contributed by atoms with Gasteiger partial charge >= 0.3 is 0 Å². The van der Waals surface area contributed by atoms with E-state index >= 15 is 0 Å². The van der Waals surface area contributed by atoms with Crippen LogP contribution in [-0.2, 0) is 0 Å². The second-order valence-electron chi connectivity index (χ2n) is 7.10. The topological polar surface area (TPSA) is 57.1 Å². The number of hydrogen-bond donors (Lipinski definition) is 0. The number of methoxy groups -OCH3 is 2. The summed E-state index contributed by atoms with van der Waals surface area (Å²) in [6.07, 6.45) is 0. The van der Waals surface area contributed by atoms with E-state index in [9.17, 15) is 0 Å². The fraction of sp³-hybridized carbons (Fsp3) is 0.160. The lowest BCUT2D eigenvalue weighted by Gasteiger charge is -2.12. The largest absolute Gasteiger partial charge is 0.497 e. The summed E-state index contributed by atoms with van der Waals surface area (Å²) in [5.41, 5.74) is 5.02. The summed E-state index contributed by atoms with van der Waals surface area (Å²) in [7, 11) is 3.25. The van der Waals surface area contributed by atoms with Gasteiger partial charge < -0.3 is 9.47 Å². The monoisotopic (exact) mass is 397 g/mol. The highest BCUT2D eigenvalue weighted by Gasteiger charge is 2.16. The molecule has 3 aromatic carbocycles. The summed E-state index contributed by atoms with van der Waals surface area (Å²) >= 11 is 0. The lowest BCUT2D eigenvalue weighted by molar-refractivity contribution is 0.395. The van der Waals surface area contributed by atoms with Crippen molar-refractivity contribution in [3.8, 4) is 45.7 Å². The molecule has 30 heavy (non-hydrogen) atoms. The maximum absolute atomic E-state index is 5.58. The summed E-state index contributed by atoms with van der Waals surface area (Å²) in [5, 5.41) is 0. The number of aromatic nitrogens is 3. The van der Waals surface area contributed by atoms with E-state index in [0.29, 0.717) is 29.0 Å². The smallest absolute Gasteiger partial charge is 0.167 e. The Morgan fingerprint density at radius 2 is 1.07 bits per heavy atom. The van der Waals surface area contributed by atoms with Crippen molar-refractivity contribution < 1.29 is 9.47 Å². The third-order valence-electron chi connectivity index (χ3n) is 4.90. The van der Waals surface area contributed by atoms with Crippen molar-refractivity contribution in [2.24, 2.45) is 0 Å². The minimum Gasteiger partial charge on any atom is -0.497 e. The van der Waals surface area contributed by atoms with Gasteiger partial charge in [0.05, 0.1) is 19.8 Å². The molecule has 0 unspecified atom stereocenters. The molecule has 1 heterocycles. The van der Waals surface area contributed by atoms with Crippen molar-refractivity contribution in [3.63, 3.8) is 0 Å². The van der Waals surface area contributed by atoms with E-state index in [4.69, 9.17) is 24.4 Å². The van der Waals surface area contributed by atoms with Gasteiger partial charge in [0.25, 0.3) is 0 Å². The van der Waals surface area contributed by atoms with Crippen molar-refractivity contribution in [3.05, 3.63) is 77.9 Å². The lowest BCUT2D eigenvalue weighted by atomic mass is 10.1. The Kier molecular flexibility index (Phi) is 5.44. The third kappa shape index (κ3) is 4.01. The number of aryl methyl sites for hydroxylation is 2. The highest BCUT2D eigenvalue weighted by Crippen LogP contribution is 2.33. The Bertz CT molecular complexity index is 1110. The van der Waals surface area contributed by atoms with Gasteiger partial charge in [-0.3, -0.25) is 0 Å². The molecular formula is C25H23N3O2. The standard InChI is InChI=1S/C25H23N3O2/c1-16-5-9-18(10-6-16)23-26-24(19-11-7-17(2)8-12-19)28-25(27-23)21-14-13-20(29-3)15-22(21)30-4/h5-15H,1-4H3. The van der Waals surface area contributed by atoms with Gasteiger partial charge in [0, 0.05) is 17.2 Å². The number of rotatable bonds is 5. The zero-order valence-electron chi connectivity index (χ0n) is 17.5. The maximum atomic E-state index is 5.58. The van der Waals surface area contributed by atoms with E-state index < -0.39 is 0 Å². The molecular weight excluding hydrogens is 374 g/mol. The van der Waals surface area contributed by atoms with Crippen LogP contribution in [0, 0.1) is 13.8 Å². The van der Waals surface area contributed by atoms with Crippen LogP contribution < -0.4 is 9.47 Å². The number of hydrogen-bond acceptors (Lipinski definition) is 5. The molecule has 0 fully saturated rings. The van der Waals surface area contributed by atoms with Crippen LogP contribution in [-0.4, -0.2) is 29.2 Å². The first kappa shape index (κ1) is 19.6. The SMILES string of the molecule is COc1ccc(-c2nc(-c3ccc(C)cc3)nc(-c3ccc(C)cc3)n2)c(OC)c1. The number of ether oxygens (including phenoxy) is 2. The maximum Gasteiger partial charge on any atom is 0.167 e. The minimum absolute atomic E-state index is 0.552. The Balaban J connectivity index is 1.92. The first-order valence-electron chi connectivity index (χ1n) is 9.70. The normalized spacial score (nSPS) is 10.7. The molecule has 0 saturated heterocycles. The highest BCUT2D eigenvalue weighted by molar-refractivity contribution is 5.70. The first-order chi connectivity index (χ1) is 14.6. The van der Waals surface area contributed by atoms with Crippen LogP contribution in [0.1, 0.15) is 11.1 Å². The van der Waals surface area contributed by atoms with Crippen molar-refractivity contribution in [2.75, 3.05) is 14.2 Å². The van der Waals surface area contributed by atoms with Gasteiger partial charge in [-0.1, -0.05) is 59.7 Å². The summed E-state index contributed by atoms with van der Waals surface area (Å²) in [5.74, 6) is 3.14. The van der Waals surface area contributed by atoms with Crippen LogP contribution in [0.25, 0.3) is 34.2 Å². The zero-order chi connectivity index (χ0) is 21.1. The van der Waals surface area contributed by atoms with Gasteiger partial charge in [0.15, 0.2) is 17.5 Å². The first-order valence-corrected chi connectivity index (χ1v) is 9.70. The molecule has 4 rings (SSSR count). The molecule has 150 valence electrons. The van der Waals surface area contributed by atoms with E-state index in [0.717, 1.165) is 16.7 Å². The fourth-order valence-electron chi connectivity index (χ4n) is 3.14. The predicted molar refractivity (Wildman–Crippen MR) is 119 cm³/mol. The molecule has 5 nitrogen and oxygen atoms in total. The summed E-state index contributed by atoms with van der Waals surface area (Å²) < 4.78 is 10.9. The Hall–Kier alpha value is -3.73. The predicted octanol–water partition coefficient (Wildman–Crippen LogP) is 5.51. The van der Waals surface area contributed by atoms with Crippen molar-refractivity contribution in [2.45, 2.75) is 13.8 Å². The number of nitrogens with zero attached hydrogens (tertiary/aromatic N) is 3. The molecule has 0 atom stereocenters. The molecule has 0 bridgehead atoms. The van der Waals surface area contributed by atoms with Gasteiger partial charge in [-0.15, -0.1) is 0 Å². The Morgan fingerprint density at radius 3 is 1.53 bits per heavy atom. The molecule has 0 amide bonds. The molecule has 0 aliphatic heterocycles. The third-order valence-corrected chi connectivity index (χ3v) is 4.90. The molecule has 0 radical (unpaired) electrons. The molecule has 0 aliphatic rings. The van der Waals surface area contributed by atoms with E-state index in [-0.39, 0.29) is 0 Å². The van der Waals surface area contributed by atoms with Crippen LogP contribution in [0.5, 0.6) is 11.5 Å². The van der Waals surface area contributed by atoms with E-state index in [1.54, 1.807) is 14.2 Å². The van der Waals surface area contributed by atoms with Crippen molar-refractivity contribution in [1.82, 2.24) is 15.0 Å². The van der Waals surface area contributed by atoms with Gasteiger partial charge in [0.2, 0.25) is 0 Å². The summed E-state index contributed by atoms with van der Waals surface area (Å²) in [4.78, 5) is 14.3. The summed E-state index contributed by atoms with van der Waals surface area (Å²) in [6.45, 7) is 4.12. The zero-order valence-corrected chi connectivity index (χ0v) is 17.5. The van der Waals surface area contributed by atoms with Gasteiger partial charge in [0.1, 0.15) is 11.5 Å². The Morgan fingerprint density at radius 1 is 0.567 bits per heavy atom. The minimum atomic E-state index is 0.552. The van der Waals surface area contributed by atoms with Crippen LogP contribution in [0.3, 0.4) is 0 Å². The second-order valence-corrected chi connectivity index (χ2v) is 7.10. The molecule has 0 aliphatic carbocycles. The molecule has 0 spiro atoms. The van der Waals surface area contributed by atoms with Gasteiger partial charge in [-0.25, -0.2) is 15.0 Å². The van der Waals surface area contributed by atoms with Crippen LogP contribution in [0.4, 0.5) is 0 Å². The van der Waals surface area contributed by atoms with Crippen LogP contribution in [0.2, 0.25) is 0 Å². The fourth-order valence-corrected chi connectivity index (χ4v) is 3.14. The molecule has 0 N–H and O–H groups in total. The quantitative estimate of drug-likeness (QED) is 0.445. The highest BCUT2D eigenvalue weighted by atomic mass is 16.5. The Labute approximate surface area is 176 Å². The average Bonchev–Trinajstić information content (AvgIpc) is 2.79.